The molecule has 0 aliphatic heterocycles. The molecular formula is C20H20N2O2. The first-order valence-electron chi connectivity index (χ1n) is 8.14. The van der Waals surface area contributed by atoms with Crippen LogP contribution < -0.4 is 10.1 Å². The summed E-state index contributed by atoms with van der Waals surface area (Å²) in [5.41, 5.74) is 3.51. The Morgan fingerprint density at radius 2 is 1.88 bits per heavy atom. The first kappa shape index (κ1) is 16.0. The Morgan fingerprint density at radius 3 is 2.58 bits per heavy atom. The first-order chi connectivity index (χ1) is 11.7. The van der Waals surface area contributed by atoms with Crippen molar-refractivity contribution in [3.63, 3.8) is 0 Å². The van der Waals surface area contributed by atoms with Crippen LogP contribution in [-0.2, 0) is 4.79 Å². The molecule has 0 atom stereocenters. The molecule has 4 heteroatoms. The molecule has 0 saturated heterocycles. The van der Waals surface area contributed by atoms with E-state index < -0.39 is 0 Å². The second-order valence-corrected chi connectivity index (χ2v) is 5.44. The summed E-state index contributed by atoms with van der Waals surface area (Å²) in [5.74, 6) is 0.759. The van der Waals surface area contributed by atoms with Crippen LogP contribution >= 0.6 is 0 Å². The third-order valence-corrected chi connectivity index (χ3v) is 3.74. The number of carbonyl (C=O) groups is 1. The molecular weight excluding hydrogens is 300 g/mol. The largest absolute Gasteiger partial charge is 0.493 e. The van der Waals surface area contributed by atoms with Gasteiger partial charge in [-0.3, -0.25) is 4.79 Å². The summed E-state index contributed by atoms with van der Waals surface area (Å²) in [5, 5.41) is 3.77. The lowest BCUT2D eigenvalue weighted by molar-refractivity contribution is -0.115. The molecule has 0 unspecified atom stereocenters. The fourth-order valence-corrected chi connectivity index (χ4v) is 2.55. The summed E-state index contributed by atoms with van der Waals surface area (Å²) >= 11 is 0. The highest BCUT2D eigenvalue weighted by Gasteiger charge is 2.10. The minimum atomic E-state index is -0.0128. The standard InChI is InChI=1S/C20H20N2O2/c1-3-20(23)21-15-10-11-17-16(12-15)19(24-4-2)13-18(22-17)14-8-6-5-7-9-14/h5-13H,3-4H2,1-2H3,(H,21,23). The average Bonchev–Trinajstić information content (AvgIpc) is 2.62. The van der Waals surface area contributed by atoms with Gasteiger partial charge < -0.3 is 10.1 Å². The second kappa shape index (κ2) is 7.13. The number of rotatable bonds is 5. The van der Waals surface area contributed by atoms with Crippen molar-refractivity contribution in [2.45, 2.75) is 20.3 Å². The number of aromatic nitrogens is 1. The highest BCUT2D eigenvalue weighted by atomic mass is 16.5. The van der Waals surface area contributed by atoms with Crippen LogP contribution in [0.15, 0.2) is 54.6 Å². The quantitative estimate of drug-likeness (QED) is 0.744. The van der Waals surface area contributed by atoms with Crippen molar-refractivity contribution >= 4 is 22.5 Å². The third kappa shape index (κ3) is 3.38. The molecule has 2 aromatic carbocycles. The van der Waals surface area contributed by atoms with Crippen LogP contribution in [0.3, 0.4) is 0 Å². The molecule has 0 radical (unpaired) electrons. The number of amides is 1. The smallest absolute Gasteiger partial charge is 0.224 e. The summed E-state index contributed by atoms with van der Waals surface area (Å²) in [6.07, 6.45) is 0.446. The number of ether oxygens (including phenoxy) is 1. The zero-order valence-corrected chi connectivity index (χ0v) is 13.9. The monoisotopic (exact) mass is 320 g/mol. The van der Waals surface area contributed by atoms with E-state index >= 15 is 0 Å². The van der Waals surface area contributed by atoms with Crippen LogP contribution in [0.2, 0.25) is 0 Å². The molecule has 1 amide bonds. The number of anilines is 1. The van der Waals surface area contributed by atoms with E-state index in [1.54, 1.807) is 0 Å². The minimum Gasteiger partial charge on any atom is -0.493 e. The van der Waals surface area contributed by atoms with Gasteiger partial charge in [-0.15, -0.1) is 0 Å². The van der Waals surface area contributed by atoms with Gasteiger partial charge >= 0.3 is 0 Å². The van der Waals surface area contributed by atoms with Crippen molar-refractivity contribution in [2.75, 3.05) is 11.9 Å². The zero-order valence-electron chi connectivity index (χ0n) is 13.9. The molecule has 0 bridgehead atoms. The van der Waals surface area contributed by atoms with Gasteiger partial charge in [-0.1, -0.05) is 37.3 Å². The summed E-state index contributed by atoms with van der Waals surface area (Å²) < 4.78 is 5.81. The number of carbonyl (C=O) groups excluding carboxylic acids is 1. The van der Waals surface area contributed by atoms with E-state index in [1.807, 2.05) is 68.4 Å². The van der Waals surface area contributed by atoms with Gasteiger partial charge in [-0.2, -0.15) is 0 Å². The van der Waals surface area contributed by atoms with E-state index in [0.29, 0.717) is 13.0 Å². The van der Waals surface area contributed by atoms with E-state index in [-0.39, 0.29) is 5.91 Å². The van der Waals surface area contributed by atoms with Gasteiger partial charge in [0.1, 0.15) is 5.75 Å². The SMILES string of the molecule is CCOc1cc(-c2ccccc2)nc2ccc(NC(=O)CC)cc12. The predicted molar refractivity (Wildman–Crippen MR) is 97.3 cm³/mol. The summed E-state index contributed by atoms with van der Waals surface area (Å²) in [6, 6.07) is 17.7. The van der Waals surface area contributed by atoms with Gasteiger partial charge in [-0.05, 0) is 25.1 Å². The Kier molecular flexibility index (Phi) is 4.75. The summed E-state index contributed by atoms with van der Waals surface area (Å²) in [6.45, 7) is 4.35. The Morgan fingerprint density at radius 1 is 1.08 bits per heavy atom. The molecule has 0 aliphatic rings. The molecule has 0 aliphatic carbocycles. The Labute approximate surface area is 141 Å². The summed E-state index contributed by atoms with van der Waals surface area (Å²) in [4.78, 5) is 16.3. The first-order valence-corrected chi connectivity index (χ1v) is 8.14. The molecule has 3 aromatic rings. The third-order valence-electron chi connectivity index (χ3n) is 3.74. The number of nitrogens with zero attached hydrogens (tertiary/aromatic N) is 1. The van der Waals surface area contributed by atoms with Gasteiger partial charge in [0.05, 0.1) is 17.8 Å². The van der Waals surface area contributed by atoms with Gasteiger partial charge in [0.25, 0.3) is 0 Å². The number of nitrogens with one attached hydrogen (secondary N) is 1. The molecule has 24 heavy (non-hydrogen) atoms. The molecule has 0 fully saturated rings. The number of fused-ring (bicyclic) bond motifs is 1. The Bertz CT molecular complexity index is 860. The molecule has 0 spiro atoms. The highest BCUT2D eigenvalue weighted by molar-refractivity contribution is 5.95. The zero-order chi connectivity index (χ0) is 16.9. The molecule has 3 rings (SSSR count). The normalized spacial score (nSPS) is 10.6. The van der Waals surface area contributed by atoms with E-state index in [9.17, 15) is 4.79 Å². The number of hydrogen-bond donors (Lipinski definition) is 1. The molecule has 122 valence electrons. The molecule has 0 saturated carbocycles. The lowest BCUT2D eigenvalue weighted by Gasteiger charge is -2.12. The van der Waals surface area contributed by atoms with Crippen molar-refractivity contribution in [1.82, 2.24) is 4.98 Å². The van der Waals surface area contributed by atoms with Crippen LogP contribution in [0, 0.1) is 0 Å². The lowest BCUT2D eigenvalue weighted by atomic mass is 10.1. The Balaban J connectivity index is 2.10. The van der Waals surface area contributed by atoms with Crippen LogP contribution in [0.25, 0.3) is 22.2 Å². The highest BCUT2D eigenvalue weighted by Crippen LogP contribution is 2.32. The lowest BCUT2D eigenvalue weighted by Crippen LogP contribution is -2.09. The second-order valence-electron chi connectivity index (χ2n) is 5.44. The van der Waals surface area contributed by atoms with Crippen molar-refractivity contribution < 1.29 is 9.53 Å². The van der Waals surface area contributed by atoms with E-state index in [4.69, 9.17) is 9.72 Å². The Hall–Kier alpha value is -2.88. The van der Waals surface area contributed by atoms with Crippen molar-refractivity contribution in [3.05, 3.63) is 54.6 Å². The van der Waals surface area contributed by atoms with E-state index in [0.717, 1.165) is 33.6 Å². The molecule has 1 N–H and O–H groups in total. The fraction of sp³-hybridized carbons (Fsp3) is 0.200. The fourth-order valence-electron chi connectivity index (χ4n) is 2.55. The van der Waals surface area contributed by atoms with Crippen LogP contribution in [0.4, 0.5) is 5.69 Å². The van der Waals surface area contributed by atoms with Crippen LogP contribution in [0.1, 0.15) is 20.3 Å². The molecule has 1 aromatic heterocycles. The van der Waals surface area contributed by atoms with Crippen molar-refractivity contribution in [2.24, 2.45) is 0 Å². The topological polar surface area (TPSA) is 51.2 Å². The van der Waals surface area contributed by atoms with Crippen LogP contribution in [0.5, 0.6) is 5.75 Å². The van der Waals surface area contributed by atoms with Gasteiger partial charge in [0.15, 0.2) is 0 Å². The van der Waals surface area contributed by atoms with E-state index in [1.165, 1.54) is 0 Å². The van der Waals surface area contributed by atoms with Gasteiger partial charge in [0, 0.05) is 29.1 Å². The summed E-state index contributed by atoms with van der Waals surface area (Å²) in [7, 11) is 0. The maximum Gasteiger partial charge on any atom is 0.224 e. The number of pyridine rings is 1. The van der Waals surface area contributed by atoms with Gasteiger partial charge in [0.2, 0.25) is 5.91 Å². The van der Waals surface area contributed by atoms with Gasteiger partial charge in [-0.25, -0.2) is 4.98 Å². The molecule has 4 nitrogen and oxygen atoms in total. The average molecular weight is 320 g/mol. The molecule has 1 heterocycles. The minimum absolute atomic E-state index is 0.0128. The number of hydrogen-bond acceptors (Lipinski definition) is 3. The predicted octanol–water partition coefficient (Wildman–Crippen LogP) is 4.65. The van der Waals surface area contributed by atoms with Crippen molar-refractivity contribution in [3.8, 4) is 17.0 Å². The van der Waals surface area contributed by atoms with Crippen molar-refractivity contribution in [1.29, 1.82) is 0 Å². The maximum absolute atomic E-state index is 11.6. The maximum atomic E-state index is 11.6. The van der Waals surface area contributed by atoms with E-state index in [2.05, 4.69) is 5.32 Å². The number of benzene rings is 2. The van der Waals surface area contributed by atoms with Crippen LogP contribution in [-0.4, -0.2) is 17.5 Å².